The van der Waals surface area contributed by atoms with Crippen LogP contribution >= 0.6 is 0 Å². The van der Waals surface area contributed by atoms with Gasteiger partial charge in [-0.1, -0.05) is 36.4 Å². The maximum Gasteiger partial charge on any atom is 0.318 e. The topological polar surface area (TPSA) is 83.9 Å². The maximum absolute atomic E-state index is 13.5. The summed E-state index contributed by atoms with van der Waals surface area (Å²) in [7, 11) is -4.05. The third-order valence-corrected chi connectivity index (χ3v) is 8.28. The van der Waals surface area contributed by atoms with Crippen LogP contribution in [0.4, 0.5) is 0 Å². The van der Waals surface area contributed by atoms with Crippen molar-refractivity contribution in [3.63, 3.8) is 0 Å². The van der Waals surface area contributed by atoms with Gasteiger partial charge in [-0.15, -0.1) is 0 Å². The normalized spacial score (nSPS) is 14.9. The standard InChI is InChI=1S/C28H31NO5S/c1-19-8-9-23(14-20(19)2)22-7-5-6-21(15-22)17-29(18-27(30)31)35(32,33)25-10-11-26-24(16-25)12-13-28(3,4)34-26/h5-11,14-16H,12-13,17-18H2,1-4H3,(H,30,31). The van der Waals surface area contributed by atoms with Crippen molar-refractivity contribution in [2.75, 3.05) is 6.54 Å². The van der Waals surface area contributed by atoms with E-state index in [2.05, 4.69) is 26.0 Å². The van der Waals surface area contributed by atoms with Gasteiger partial charge in [0.2, 0.25) is 10.0 Å². The fraction of sp³-hybridized carbons (Fsp3) is 0.321. The molecule has 3 aromatic rings. The van der Waals surface area contributed by atoms with Crippen LogP contribution in [0.2, 0.25) is 0 Å². The first-order valence-electron chi connectivity index (χ1n) is 11.7. The van der Waals surface area contributed by atoms with E-state index in [-0.39, 0.29) is 17.0 Å². The van der Waals surface area contributed by atoms with Crippen molar-refractivity contribution < 1.29 is 23.1 Å². The Morgan fingerprint density at radius 1 is 1.00 bits per heavy atom. The van der Waals surface area contributed by atoms with E-state index in [9.17, 15) is 18.3 Å². The Morgan fingerprint density at radius 3 is 2.46 bits per heavy atom. The zero-order chi connectivity index (χ0) is 25.4. The molecule has 4 rings (SSSR count). The van der Waals surface area contributed by atoms with Gasteiger partial charge in [0.1, 0.15) is 17.9 Å². The first kappa shape index (κ1) is 24.9. The number of ether oxygens (including phenoxy) is 1. The number of carboxylic acid groups (broad SMARTS) is 1. The van der Waals surface area contributed by atoms with Gasteiger partial charge in [-0.3, -0.25) is 4.79 Å². The minimum absolute atomic E-state index is 0.0477. The Morgan fingerprint density at radius 2 is 1.74 bits per heavy atom. The Labute approximate surface area is 207 Å². The zero-order valence-electron chi connectivity index (χ0n) is 20.5. The van der Waals surface area contributed by atoms with E-state index in [1.165, 1.54) is 17.2 Å². The van der Waals surface area contributed by atoms with E-state index in [1.54, 1.807) is 12.1 Å². The minimum atomic E-state index is -4.05. The smallest absolute Gasteiger partial charge is 0.318 e. The molecule has 0 amide bonds. The van der Waals surface area contributed by atoms with Gasteiger partial charge in [-0.2, -0.15) is 4.31 Å². The Kier molecular flexibility index (Phi) is 6.75. The lowest BCUT2D eigenvalue weighted by molar-refractivity contribution is -0.137. The fourth-order valence-electron chi connectivity index (χ4n) is 4.30. The van der Waals surface area contributed by atoms with Crippen molar-refractivity contribution >= 4 is 16.0 Å². The molecule has 0 aromatic heterocycles. The second-order valence-electron chi connectivity index (χ2n) is 9.80. The van der Waals surface area contributed by atoms with Crippen LogP contribution in [0.15, 0.2) is 65.6 Å². The van der Waals surface area contributed by atoms with Crippen molar-refractivity contribution in [3.8, 4) is 16.9 Å². The maximum atomic E-state index is 13.5. The molecule has 1 aliphatic rings. The number of benzene rings is 3. The monoisotopic (exact) mass is 493 g/mol. The van der Waals surface area contributed by atoms with Gasteiger partial charge in [-0.05, 0) is 98.2 Å². The second kappa shape index (κ2) is 9.47. The van der Waals surface area contributed by atoms with Gasteiger partial charge in [0.05, 0.1) is 4.90 Å². The van der Waals surface area contributed by atoms with E-state index in [0.717, 1.165) is 27.4 Å². The number of hydrogen-bond donors (Lipinski definition) is 1. The van der Waals surface area contributed by atoms with Crippen LogP contribution in [-0.2, 0) is 27.8 Å². The molecule has 0 bridgehead atoms. The molecule has 0 radical (unpaired) electrons. The molecule has 0 saturated heterocycles. The molecule has 0 aliphatic carbocycles. The second-order valence-corrected chi connectivity index (χ2v) is 11.7. The Bertz CT molecular complexity index is 1380. The van der Waals surface area contributed by atoms with Crippen LogP contribution in [-0.4, -0.2) is 35.9 Å². The highest BCUT2D eigenvalue weighted by Crippen LogP contribution is 2.35. The number of hydrogen-bond acceptors (Lipinski definition) is 4. The van der Waals surface area contributed by atoms with Gasteiger partial charge in [0.25, 0.3) is 0 Å². The van der Waals surface area contributed by atoms with Gasteiger partial charge in [0.15, 0.2) is 0 Å². The average molecular weight is 494 g/mol. The lowest BCUT2D eigenvalue weighted by atomic mass is 9.94. The van der Waals surface area contributed by atoms with Crippen LogP contribution < -0.4 is 4.74 Å². The fourth-order valence-corrected chi connectivity index (χ4v) is 5.72. The molecule has 3 aromatic carbocycles. The summed E-state index contributed by atoms with van der Waals surface area (Å²) in [6, 6.07) is 18.5. The SMILES string of the molecule is Cc1ccc(-c2cccc(CN(CC(=O)O)S(=O)(=O)c3ccc4c(c3)CCC(C)(C)O4)c2)cc1C. The highest BCUT2D eigenvalue weighted by Gasteiger charge is 2.31. The average Bonchev–Trinajstić information content (AvgIpc) is 2.79. The van der Waals surface area contributed by atoms with E-state index in [0.29, 0.717) is 17.7 Å². The minimum Gasteiger partial charge on any atom is -0.488 e. The van der Waals surface area contributed by atoms with Crippen LogP contribution in [0.3, 0.4) is 0 Å². The predicted molar refractivity (Wildman–Crippen MR) is 136 cm³/mol. The molecule has 35 heavy (non-hydrogen) atoms. The van der Waals surface area contributed by atoms with Gasteiger partial charge < -0.3 is 9.84 Å². The van der Waals surface area contributed by atoms with Crippen LogP contribution in [0.5, 0.6) is 5.75 Å². The van der Waals surface area contributed by atoms with Gasteiger partial charge >= 0.3 is 5.97 Å². The molecule has 6 nitrogen and oxygen atoms in total. The highest BCUT2D eigenvalue weighted by molar-refractivity contribution is 7.89. The third-order valence-electron chi connectivity index (χ3n) is 6.49. The summed E-state index contributed by atoms with van der Waals surface area (Å²) in [5.74, 6) is -0.534. The molecule has 0 atom stereocenters. The van der Waals surface area contributed by atoms with Crippen LogP contribution in [0.1, 0.15) is 42.5 Å². The number of carbonyl (C=O) groups is 1. The molecule has 0 saturated carbocycles. The Balaban J connectivity index is 1.65. The number of carboxylic acids is 1. The molecule has 1 heterocycles. The van der Waals surface area contributed by atoms with E-state index in [1.807, 2.05) is 44.2 Å². The summed E-state index contributed by atoms with van der Waals surface area (Å²) in [5, 5.41) is 9.48. The number of aryl methyl sites for hydroxylation is 3. The number of sulfonamides is 1. The summed E-state index contributed by atoms with van der Waals surface area (Å²) in [6.45, 7) is 7.43. The molecule has 0 unspecified atom stereocenters. The molecular weight excluding hydrogens is 462 g/mol. The number of rotatable bonds is 7. The lowest BCUT2D eigenvalue weighted by Crippen LogP contribution is -2.36. The molecule has 1 aliphatic heterocycles. The first-order valence-corrected chi connectivity index (χ1v) is 13.1. The van der Waals surface area contributed by atoms with Crippen molar-refractivity contribution in [1.29, 1.82) is 0 Å². The molecular formula is C28H31NO5S. The summed E-state index contributed by atoms with van der Waals surface area (Å²) < 4.78 is 34.1. The molecule has 1 N–H and O–H groups in total. The summed E-state index contributed by atoms with van der Waals surface area (Å²) >= 11 is 0. The van der Waals surface area contributed by atoms with E-state index in [4.69, 9.17) is 4.74 Å². The van der Waals surface area contributed by atoms with Crippen molar-refractivity contribution in [2.45, 2.75) is 57.6 Å². The molecule has 184 valence electrons. The predicted octanol–water partition coefficient (Wildman–Crippen LogP) is 5.35. The van der Waals surface area contributed by atoms with E-state index < -0.39 is 22.5 Å². The molecule has 0 spiro atoms. The zero-order valence-corrected chi connectivity index (χ0v) is 21.4. The number of nitrogens with zero attached hydrogens (tertiary/aromatic N) is 1. The Hall–Kier alpha value is -3.16. The number of fused-ring (bicyclic) bond motifs is 1. The van der Waals surface area contributed by atoms with Crippen molar-refractivity contribution in [3.05, 3.63) is 82.9 Å². The summed E-state index contributed by atoms with van der Waals surface area (Å²) in [4.78, 5) is 11.7. The van der Waals surface area contributed by atoms with Crippen molar-refractivity contribution in [2.24, 2.45) is 0 Å². The summed E-state index contributed by atoms with van der Waals surface area (Å²) in [5.41, 5.74) is 5.58. The molecule has 7 heteroatoms. The lowest BCUT2D eigenvalue weighted by Gasteiger charge is -2.33. The largest absolute Gasteiger partial charge is 0.488 e. The molecule has 0 fully saturated rings. The van der Waals surface area contributed by atoms with E-state index >= 15 is 0 Å². The first-order chi connectivity index (χ1) is 16.4. The van der Waals surface area contributed by atoms with Crippen LogP contribution in [0, 0.1) is 13.8 Å². The van der Waals surface area contributed by atoms with Crippen LogP contribution in [0.25, 0.3) is 11.1 Å². The van der Waals surface area contributed by atoms with Gasteiger partial charge in [0, 0.05) is 6.54 Å². The van der Waals surface area contributed by atoms with Gasteiger partial charge in [-0.25, -0.2) is 8.42 Å². The van der Waals surface area contributed by atoms with Crippen molar-refractivity contribution in [1.82, 2.24) is 4.31 Å². The highest BCUT2D eigenvalue weighted by atomic mass is 32.2. The quantitative estimate of drug-likeness (QED) is 0.480. The number of aliphatic carboxylic acids is 1. The summed E-state index contributed by atoms with van der Waals surface area (Å²) in [6.07, 6.45) is 1.47. The third kappa shape index (κ3) is 5.57.